The average Bonchev–Trinajstić information content (AvgIpc) is 2.99. The van der Waals surface area contributed by atoms with E-state index in [2.05, 4.69) is 16.3 Å². The van der Waals surface area contributed by atoms with Crippen molar-refractivity contribution in [2.45, 2.75) is 10.1 Å². The van der Waals surface area contributed by atoms with Gasteiger partial charge in [-0.15, -0.1) is 10.2 Å². The lowest BCUT2D eigenvalue weighted by Gasteiger charge is -1.94. The highest BCUT2D eigenvalue weighted by Gasteiger charge is 2.11. The maximum Gasteiger partial charge on any atom is 0.203 e. The molecule has 19 heavy (non-hydrogen) atoms. The number of thioether (sulfide) groups is 1. The maximum atomic E-state index is 9.29. The molecule has 3 rings (SSSR count). The van der Waals surface area contributed by atoms with E-state index >= 15 is 0 Å². The largest absolute Gasteiger partial charge is 0.374 e. The van der Waals surface area contributed by atoms with Crippen LogP contribution < -0.4 is 5.73 Å². The predicted molar refractivity (Wildman–Crippen MR) is 76.0 cm³/mol. The molecule has 3 aromatic heterocycles. The molecule has 7 heteroatoms. The molecule has 2 N–H and O–H groups in total. The summed E-state index contributed by atoms with van der Waals surface area (Å²) in [6.45, 7) is 0. The molecule has 0 atom stereocenters. The number of aromatic nitrogens is 3. The first-order valence-electron chi connectivity index (χ1n) is 5.48. The van der Waals surface area contributed by atoms with Crippen molar-refractivity contribution >= 4 is 33.7 Å². The summed E-state index contributed by atoms with van der Waals surface area (Å²) >= 11 is 2.90. The van der Waals surface area contributed by atoms with Crippen molar-refractivity contribution < 1.29 is 0 Å². The van der Waals surface area contributed by atoms with Crippen LogP contribution in [0.2, 0.25) is 0 Å². The predicted octanol–water partition coefficient (Wildman–Crippen LogP) is 2.54. The average molecular weight is 287 g/mol. The van der Waals surface area contributed by atoms with E-state index in [4.69, 9.17) is 5.73 Å². The molecule has 0 aliphatic rings. The van der Waals surface area contributed by atoms with E-state index in [1.807, 2.05) is 35.0 Å². The van der Waals surface area contributed by atoms with Gasteiger partial charge in [0, 0.05) is 18.1 Å². The minimum absolute atomic E-state index is 0.463. The molecule has 3 heterocycles. The van der Waals surface area contributed by atoms with Gasteiger partial charge in [0.2, 0.25) is 5.13 Å². The van der Waals surface area contributed by atoms with Gasteiger partial charge in [0.25, 0.3) is 0 Å². The molecule has 0 radical (unpaired) electrons. The van der Waals surface area contributed by atoms with Gasteiger partial charge in [0.05, 0.1) is 11.1 Å². The highest BCUT2D eigenvalue weighted by atomic mass is 32.2. The minimum atomic E-state index is 0.463. The van der Waals surface area contributed by atoms with Gasteiger partial charge in [-0.3, -0.25) is 0 Å². The second kappa shape index (κ2) is 4.91. The fourth-order valence-electron chi connectivity index (χ4n) is 1.83. The van der Waals surface area contributed by atoms with Gasteiger partial charge < -0.3 is 10.1 Å². The summed E-state index contributed by atoms with van der Waals surface area (Å²) in [4.78, 5) is 0. The summed E-state index contributed by atoms with van der Waals surface area (Å²) in [6, 6.07) is 8.08. The third-order valence-electron chi connectivity index (χ3n) is 2.65. The number of fused-ring (bicyclic) bond motifs is 1. The van der Waals surface area contributed by atoms with E-state index in [1.165, 1.54) is 23.1 Å². The summed E-state index contributed by atoms with van der Waals surface area (Å²) in [5.74, 6) is 0.680. The SMILES string of the molecule is N#Cc1c(CSc2nnc(N)s2)cn2ccccc12. The van der Waals surface area contributed by atoms with Crippen LogP contribution in [0.3, 0.4) is 0 Å². The van der Waals surface area contributed by atoms with Crippen molar-refractivity contribution in [3.63, 3.8) is 0 Å². The lowest BCUT2D eigenvalue weighted by Crippen LogP contribution is -1.82. The van der Waals surface area contributed by atoms with Gasteiger partial charge in [0.1, 0.15) is 6.07 Å². The van der Waals surface area contributed by atoms with Crippen LogP contribution in [0.5, 0.6) is 0 Å². The van der Waals surface area contributed by atoms with Gasteiger partial charge in [-0.05, 0) is 17.7 Å². The third kappa shape index (κ3) is 2.28. The van der Waals surface area contributed by atoms with Crippen molar-refractivity contribution in [2.24, 2.45) is 0 Å². The Morgan fingerprint density at radius 3 is 3.05 bits per heavy atom. The summed E-state index contributed by atoms with van der Waals surface area (Å²) in [5, 5.41) is 17.5. The normalized spacial score (nSPS) is 10.7. The number of hydrogen-bond acceptors (Lipinski definition) is 6. The smallest absolute Gasteiger partial charge is 0.203 e. The van der Waals surface area contributed by atoms with E-state index in [1.54, 1.807) is 0 Å². The van der Waals surface area contributed by atoms with Gasteiger partial charge in [0.15, 0.2) is 4.34 Å². The van der Waals surface area contributed by atoms with Crippen LogP contribution in [0.1, 0.15) is 11.1 Å². The van der Waals surface area contributed by atoms with Crippen LogP contribution in [0.4, 0.5) is 5.13 Å². The first-order chi connectivity index (χ1) is 9.28. The highest BCUT2D eigenvalue weighted by molar-refractivity contribution is 8.00. The highest BCUT2D eigenvalue weighted by Crippen LogP contribution is 2.29. The maximum absolute atomic E-state index is 9.29. The number of pyridine rings is 1. The van der Waals surface area contributed by atoms with Crippen LogP contribution in [-0.4, -0.2) is 14.6 Å². The van der Waals surface area contributed by atoms with Crippen molar-refractivity contribution in [3.8, 4) is 6.07 Å². The van der Waals surface area contributed by atoms with Crippen LogP contribution in [0.25, 0.3) is 5.52 Å². The molecule has 0 amide bonds. The van der Waals surface area contributed by atoms with Crippen LogP contribution in [0, 0.1) is 11.3 Å². The molecule has 0 fully saturated rings. The number of nitrogen functional groups attached to an aromatic ring is 1. The summed E-state index contributed by atoms with van der Waals surface area (Å²) in [5.41, 5.74) is 8.17. The van der Waals surface area contributed by atoms with Crippen molar-refractivity contribution in [2.75, 3.05) is 5.73 Å². The lowest BCUT2D eigenvalue weighted by atomic mass is 10.2. The van der Waals surface area contributed by atoms with E-state index < -0.39 is 0 Å². The Morgan fingerprint density at radius 1 is 1.42 bits per heavy atom. The first kappa shape index (κ1) is 12.0. The second-order valence-electron chi connectivity index (χ2n) is 3.83. The monoisotopic (exact) mass is 287 g/mol. The molecule has 0 spiro atoms. The lowest BCUT2D eigenvalue weighted by molar-refractivity contribution is 1.02. The molecule has 0 saturated carbocycles. The van der Waals surface area contributed by atoms with Crippen molar-refractivity contribution in [1.82, 2.24) is 14.6 Å². The zero-order valence-corrected chi connectivity index (χ0v) is 11.4. The molecular weight excluding hydrogens is 278 g/mol. The fraction of sp³-hybridized carbons (Fsp3) is 0.0833. The molecular formula is C12H9N5S2. The summed E-state index contributed by atoms with van der Waals surface area (Å²) < 4.78 is 2.78. The number of nitriles is 1. The Bertz CT molecular complexity index is 768. The van der Waals surface area contributed by atoms with Gasteiger partial charge in [-0.2, -0.15) is 5.26 Å². The van der Waals surface area contributed by atoms with Gasteiger partial charge in [-0.1, -0.05) is 29.2 Å². The third-order valence-corrected chi connectivity index (χ3v) is 4.58. The fourth-order valence-corrected chi connectivity index (χ4v) is 3.44. The zero-order valence-electron chi connectivity index (χ0n) is 9.78. The Labute approximate surface area is 117 Å². The molecule has 0 aliphatic heterocycles. The molecule has 0 bridgehead atoms. The van der Waals surface area contributed by atoms with E-state index in [0.29, 0.717) is 16.4 Å². The number of nitrogens with two attached hydrogens (primary N) is 1. The molecule has 94 valence electrons. The van der Waals surface area contributed by atoms with Crippen LogP contribution in [0.15, 0.2) is 34.9 Å². The molecule has 5 nitrogen and oxygen atoms in total. The second-order valence-corrected chi connectivity index (χ2v) is 6.06. The van der Waals surface area contributed by atoms with E-state index in [-0.39, 0.29) is 0 Å². The molecule has 0 aliphatic carbocycles. The van der Waals surface area contributed by atoms with Crippen molar-refractivity contribution in [1.29, 1.82) is 5.26 Å². The minimum Gasteiger partial charge on any atom is -0.374 e. The Balaban J connectivity index is 1.90. The number of rotatable bonds is 3. The number of nitrogens with zero attached hydrogens (tertiary/aromatic N) is 4. The molecule has 0 saturated heterocycles. The molecule has 0 unspecified atom stereocenters. The quantitative estimate of drug-likeness (QED) is 0.749. The van der Waals surface area contributed by atoms with Gasteiger partial charge >= 0.3 is 0 Å². The number of anilines is 1. The van der Waals surface area contributed by atoms with Gasteiger partial charge in [-0.25, -0.2) is 0 Å². The zero-order chi connectivity index (χ0) is 13.2. The van der Waals surface area contributed by atoms with Crippen LogP contribution in [-0.2, 0) is 5.75 Å². The first-order valence-corrected chi connectivity index (χ1v) is 7.28. The van der Waals surface area contributed by atoms with E-state index in [9.17, 15) is 5.26 Å². The Morgan fingerprint density at radius 2 is 2.32 bits per heavy atom. The molecule has 0 aromatic carbocycles. The Hall–Kier alpha value is -2.04. The summed E-state index contributed by atoms with van der Waals surface area (Å²) in [6.07, 6.45) is 3.92. The van der Waals surface area contributed by atoms with Crippen molar-refractivity contribution in [3.05, 3.63) is 41.7 Å². The Kier molecular flexibility index (Phi) is 3.11. The van der Waals surface area contributed by atoms with E-state index in [0.717, 1.165) is 15.4 Å². The molecule has 3 aromatic rings. The standard InChI is InChI=1S/C12H9N5S2/c13-5-9-8(6-17-4-2-1-3-10(9)17)7-18-12-16-15-11(14)19-12/h1-4,6H,7H2,(H2,14,15). The van der Waals surface area contributed by atoms with Crippen LogP contribution >= 0.6 is 23.1 Å². The summed E-state index contributed by atoms with van der Waals surface area (Å²) in [7, 11) is 0. The topological polar surface area (TPSA) is 80.0 Å². The number of hydrogen-bond donors (Lipinski definition) is 1.